The van der Waals surface area contributed by atoms with Gasteiger partial charge in [0, 0.05) is 32.7 Å². The molecule has 6 heteroatoms. The molecule has 0 rings (SSSR count). The molecule has 0 aromatic rings. The van der Waals surface area contributed by atoms with Gasteiger partial charge in [-0.15, -0.1) is 0 Å². The van der Waals surface area contributed by atoms with Crippen LogP contribution in [0.15, 0.2) is 0 Å². The van der Waals surface area contributed by atoms with Gasteiger partial charge in [0.15, 0.2) is 0 Å². The monoisotopic (exact) mass is 231 g/mol. The van der Waals surface area contributed by atoms with Crippen LogP contribution in [0.5, 0.6) is 0 Å². The molecule has 0 heterocycles. The average molecular weight is 231 g/mol. The van der Waals surface area contributed by atoms with Crippen LogP contribution in [-0.2, 0) is 14.3 Å². The van der Waals surface area contributed by atoms with Crippen LogP contribution in [0, 0.1) is 0 Å². The molecule has 2 amide bonds. The Kier molecular flexibility index (Phi) is 7.49. The highest BCUT2D eigenvalue weighted by Crippen LogP contribution is 1.88. The molecule has 1 unspecified atom stereocenters. The van der Waals surface area contributed by atoms with Crippen LogP contribution in [0.3, 0.4) is 0 Å². The predicted molar refractivity (Wildman–Crippen MR) is 60.8 cm³/mol. The maximum absolute atomic E-state index is 11.4. The van der Waals surface area contributed by atoms with Crippen LogP contribution in [0.2, 0.25) is 0 Å². The fourth-order valence-corrected chi connectivity index (χ4v) is 1.12. The fourth-order valence-electron chi connectivity index (χ4n) is 1.12. The lowest BCUT2D eigenvalue weighted by molar-refractivity contribution is -0.130. The van der Waals surface area contributed by atoms with E-state index < -0.39 is 6.10 Å². The highest BCUT2D eigenvalue weighted by atomic mass is 16.5. The Labute approximate surface area is 95.9 Å². The van der Waals surface area contributed by atoms with Crippen molar-refractivity contribution in [3.05, 3.63) is 0 Å². The zero-order chi connectivity index (χ0) is 12.6. The first kappa shape index (κ1) is 14.9. The molecular weight excluding hydrogens is 210 g/mol. The Bertz CT molecular complexity index is 227. The maximum atomic E-state index is 11.4. The van der Waals surface area contributed by atoms with Gasteiger partial charge in [-0.1, -0.05) is 0 Å². The third-order valence-corrected chi connectivity index (χ3v) is 1.89. The standard InChI is InChI=1S/C10H21N3O3/c1-7(2)13-9(14)4-5-12-10(15)8(6-11)16-3/h7-8H,4-6,11H2,1-3H3,(H,12,15)(H,13,14). The number of rotatable bonds is 7. The number of carbonyl (C=O) groups is 2. The Morgan fingerprint density at radius 2 is 2.00 bits per heavy atom. The number of amides is 2. The van der Waals surface area contributed by atoms with Crippen LogP contribution in [0.25, 0.3) is 0 Å². The number of methoxy groups -OCH3 is 1. The Morgan fingerprint density at radius 1 is 1.38 bits per heavy atom. The zero-order valence-corrected chi connectivity index (χ0v) is 10.1. The van der Waals surface area contributed by atoms with E-state index in [-0.39, 0.29) is 37.4 Å². The molecule has 16 heavy (non-hydrogen) atoms. The van der Waals surface area contributed by atoms with E-state index in [1.807, 2.05) is 13.8 Å². The number of nitrogens with one attached hydrogen (secondary N) is 2. The third kappa shape index (κ3) is 6.36. The van der Waals surface area contributed by atoms with Gasteiger partial charge in [-0.2, -0.15) is 0 Å². The molecule has 94 valence electrons. The quantitative estimate of drug-likeness (QED) is 0.523. The smallest absolute Gasteiger partial charge is 0.250 e. The van der Waals surface area contributed by atoms with E-state index in [4.69, 9.17) is 10.5 Å². The van der Waals surface area contributed by atoms with Crippen LogP contribution in [-0.4, -0.2) is 44.2 Å². The molecule has 0 aliphatic carbocycles. The summed E-state index contributed by atoms with van der Waals surface area (Å²) < 4.78 is 4.85. The summed E-state index contributed by atoms with van der Waals surface area (Å²) in [6.45, 7) is 4.18. The summed E-state index contributed by atoms with van der Waals surface area (Å²) >= 11 is 0. The zero-order valence-electron chi connectivity index (χ0n) is 10.1. The SMILES string of the molecule is COC(CN)C(=O)NCCC(=O)NC(C)C. The van der Waals surface area contributed by atoms with E-state index in [2.05, 4.69) is 10.6 Å². The van der Waals surface area contributed by atoms with Crippen LogP contribution in [0.1, 0.15) is 20.3 Å². The number of ether oxygens (including phenoxy) is 1. The van der Waals surface area contributed by atoms with E-state index in [0.29, 0.717) is 0 Å². The number of hydrogen-bond acceptors (Lipinski definition) is 4. The van der Waals surface area contributed by atoms with Gasteiger partial charge < -0.3 is 21.1 Å². The van der Waals surface area contributed by atoms with Gasteiger partial charge in [0.05, 0.1) is 0 Å². The first-order valence-corrected chi connectivity index (χ1v) is 5.31. The predicted octanol–water partition coefficient (Wildman–Crippen LogP) is -1.01. The molecule has 0 aromatic carbocycles. The molecule has 4 N–H and O–H groups in total. The van der Waals surface area contributed by atoms with E-state index in [0.717, 1.165) is 0 Å². The highest BCUT2D eigenvalue weighted by Gasteiger charge is 2.15. The van der Waals surface area contributed by atoms with Crippen LogP contribution in [0.4, 0.5) is 0 Å². The molecule has 0 saturated heterocycles. The first-order valence-electron chi connectivity index (χ1n) is 5.31. The van der Waals surface area contributed by atoms with Gasteiger partial charge in [0.1, 0.15) is 6.10 Å². The number of nitrogens with two attached hydrogens (primary N) is 1. The average Bonchev–Trinajstić information content (AvgIpc) is 2.18. The number of carbonyl (C=O) groups excluding carboxylic acids is 2. The molecule has 0 aromatic heterocycles. The van der Waals surface area contributed by atoms with Crippen molar-refractivity contribution in [3.63, 3.8) is 0 Å². The molecule has 0 aliphatic rings. The molecular formula is C10H21N3O3. The molecule has 0 bridgehead atoms. The minimum Gasteiger partial charge on any atom is -0.370 e. The molecule has 0 spiro atoms. The van der Waals surface area contributed by atoms with Gasteiger partial charge in [0.2, 0.25) is 11.8 Å². The first-order chi connectivity index (χ1) is 7.51. The molecule has 0 radical (unpaired) electrons. The van der Waals surface area contributed by atoms with E-state index in [1.54, 1.807) is 0 Å². The second-order valence-corrected chi connectivity index (χ2v) is 3.72. The van der Waals surface area contributed by atoms with Crippen LogP contribution >= 0.6 is 0 Å². The second kappa shape index (κ2) is 8.06. The molecule has 0 aliphatic heterocycles. The summed E-state index contributed by atoms with van der Waals surface area (Å²) in [5.41, 5.74) is 5.32. The summed E-state index contributed by atoms with van der Waals surface area (Å²) in [4.78, 5) is 22.6. The summed E-state index contributed by atoms with van der Waals surface area (Å²) in [5.74, 6) is -0.376. The molecule has 0 saturated carbocycles. The topological polar surface area (TPSA) is 93.4 Å². The van der Waals surface area contributed by atoms with Crippen molar-refractivity contribution in [2.75, 3.05) is 20.2 Å². The summed E-state index contributed by atoms with van der Waals surface area (Å²) in [5, 5.41) is 5.31. The minimum atomic E-state index is -0.645. The molecule has 1 atom stereocenters. The van der Waals surface area contributed by atoms with Crippen molar-refractivity contribution in [3.8, 4) is 0 Å². The normalized spacial score (nSPS) is 12.3. The van der Waals surface area contributed by atoms with Gasteiger partial charge in [-0.3, -0.25) is 9.59 Å². The summed E-state index contributed by atoms with van der Waals surface area (Å²) in [6, 6.07) is 0.110. The maximum Gasteiger partial charge on any atom is 0.250 e. The number of hydrogen-bond donors (Lipinski definition) is 3. The lowest BCUT2D eigenvalue weighted by atomic mass is 10.3. The van der Waals surface area contributed by atoms with E-state index >= 15 is 0 Å². The third-order valence-electron chi connectivity index (χ3n) is 1.89. The van der Waals surface area contributed by atoms with Gasteiger partial charge in [0.25, 0.3) is 0 Å². The van der Waals surface area contributed by atoms with Crippen molar-refractivity contribution in [1.29, 1.82) is 0 Å². The van der Waals surface area contributed by atoms with Gasteiger partial charge in [-0.05, 0) is 13.8 Å². The van der Waals surface area contributed by atoms with E-state index in [9.17, 15) is 9.59 Å². The molecule has 6 nitrogen and oxygen atoms in total. The Hall–Kier alpha value is -1.14. The molecule has 0 fully saturated rings. The lowest BCUT2D eigenvalue weighted by Crippen LogP contribution is -2.42. The van der Waals surface area contributed by atoms with Crippen molar-refractivity contribution < 1.29 is 14.3 Å². The minimum absolute atomic E-state index is 0.0861. The summed E-state index contributed by atoms with van der Waals surface area (Å²) in [6.07, 6.45) is -0.390. The van der Waals surface area contributed by atoms with E-state index in [1.165, 1.54) is 7.11 Å². The van der Waals surface area contributed by atoms with Crippen LogP contribution < -0.4 is 16.4 Å². The fraction of sp³-hybridized carbons (Fsp3) is 0.800. The lowest BCUT2D eigenvalue weighted by Gasteiger charge is -2.13. The van der Waals surface area contributed by atoms with Crippen molar-refractivity contribution in [2.45, 2.75) is 32.4 Å². The Morgan fingerprint density at radius 3 is 2.44 bits per heavy atom. The van der Waals surface area contributed by atoms with Gasteiger partial charge >= 0.3 is 0 Å². The van der Waals surface area contributed by atoms with Crippen molar-refractivity contribution in [2.24, 2.45) is 5.73 Å². The van der Waals surface area contributed by atoms with Crippen molar-refractivity contribution in [1.82, 2.24) is 10.6 Å². The Balaban J connectivity index is 3.73. The second-order valence-electron chi connectivity index (χ2n) is 3.72. The highest BCUT2D eigenvalue weighted by molar-refractivity contribution is 5.82. The van der Waals surface area contributed by atoms with Gasteiger partial charge in [-0.25, -0.2) is 0 Å². The summed E-state index contributed by atoms with van der Waals surface area (Å²) in [7, 11) is 1.42. The largest absolute Gasteiger partial charge is 0.370 e. The van der Waals surface area contributed by atoms with Crippen molar-refractivity contribution >= 4 is 11.8 Å².